The summed E-state index contributed by atoms with van der Waals surface area (Å²) in [6.07, 6.45) is 16.9. The summed E-state index contributed by atoms with van der Waals surface area (Å²) in [5.41, 5.74) is 21.7. The zero-order valence-electron chi connectivity index (χ0n) is 37.6. The number of hydrogen-bond donors (Lipinski definition) is 0. The lowest BCUT2D eigenvalue weighted by molar-refractivity contribution is 0.0618. The molecule has 0 aliphatic heterocycles. The topological polar surface area (TPSA) is 3.24 Å². The Morgan fingerprint density at radius 1 is 0.323 bits per heavy atom. The lowest BCUT2D eigenvalue weighted by Crippen LogP contribution is -2.48. The van der Waals surface area contributed by atoms with E-state index in [1.165, 1.54) is 139 Å². The molecule has 1 nitrogen and oxygen atoms in total. The first-order chi connectivity index (χ1) is 32.2. The van der Waals surface area contributed by atoms with E-state index in [0.29, 0.717) is 23.7 Å². The van der Waals surface area contributed by atoms with Crippen LogP contribution in [0.5, 0.6) is 0 Å². The third-order valence-corrected chi connectivity index (χ3v) is 19.6. The Bertz CT molecular complexity index is 3020. The molecule has 10 aliphatic rings. The van der Waals surface area contributed by atoms with E-state index in [-0.39, 0.29) is 10.8 Å². The molecule has 10 atom stereocenters. The average molecular weight is 842 g/mol. The minimum atomic E-state index is 0.0829. The Kier molecular flexibility index (Phi) is 8.05. The molecule has 0 radical (unpaired) electrons. The van der Waals surface area contributed by atoms with E-state index in [1.807, 2.05) is 0 Å². The Hall–Kier alpha value is -5.66. The summed E-state index contributed by atoms with van der Waals surface area (Å²) in [5.74, 6) is 6.44. The normalized spacial score (nSPS) is 31.4. The molecule has 10 aliphatic carbocycles. The molecule has 0 saturated heterocycles. The largest absolute Gasteiger partial charge is 0.310 e. The van der Waals surface area contributed by atoms with Gasteiger partial charge in [0.25, 0.3) is 0 Å². The van der Waals surface area contributed by atoms with Crippen molar-refractivity contribution in [2.75, 3.05) is 4.90 Å². The number of anilines is 3. The summed E-state index contributed by atoms with van der Waals surface area (Å²) in [5, 5.41) is 0. The molecule has 8 saturated carbocycles. The summed E-state index contributed by atoms with van der Waals surface area (Å²) in [6.45, 7) is 0. The molecule has 320 valence electrons. The van der Waals surface area contributed by atoms with E-state index >= 15 is 0 Å². The predicted molar refractivity (Wildman–Crippen MR) is 268 cm³/mol. The van der Waals surface area contributed by atoms with Crippen LogP contribution in [-0.4, -0.2) is 0 Å². The van der Waals surface area contributed by atoms with Gasteiger partial charge in [-0.05, 0) is 203 Å². The van der Waals surface area contributed by atoms with Crippen LogP contribution in [0, 0.1) is 47.3 Å². The van der Waals surface area contributed by atoms with Crippen molar-refractivity contribution in [2.45, 2.75) is 87.9 Å². The van der Waals surface area contributed by atoms with Crippen LogP contribution in [0.1, 0.15) is 99.3 Å². The van der Waals surface area contributed by atoms with Crippen LogP contribution in [0.3, 0.4) is 0 Å². The highest BCUT2D eigenvalue weighted by Crippen LogP contribution is 2.70. The zero-order valence-corrected chi connectivity index (χ0v) is 37.6. The Balaban J connectivity index is 0.997. The molecule has 0 amide bonds. The second-order valence-corrected chi connectivity index (χ2v) is 22.3. The lowest BCUT2D eigenvalue weighted by atomic mass is 9.50. The third kappa shape index (κ3) is 5.11. The van der Waals surface area contributed by atoms with Crippen molar-refractivity contribution in [1.29, 1.82) is 0 Å². The molecule has 0 aromatic heterocycles. The van der Waals surface area contributed by atoms with Gasteiger partial charge in [0.05, 0.1) is 5.69 Å². The van der Waals surface area contributed by atoms with Crippen molar-refractivity contribution in [3.8, 4) is 44.5 Å². The van der Waals surface area contributed by atoms with Gasteiger partial charge in [-0.2, -0.15) is 0 Å². The van der Waals surface area contributed by atoms with Gasteiger partial charge in [-0.1, -0.05) is 146 Å². The lowest BCUT2D eigenvalue weighted by Gasteiger charge is -2.53. The first kappa shape index (κ1) is 37.5. The Morgan fingerprint density at radius 3 is 1.49 bits per heavy atom. The van der Waals surface area contributed by atoms with E-state index in [4.69, 9.17) is 0 Å². The second-order valence-electron chi connectivity index (χ2n) is 22.3. The van der Waals surface area contributed by atoms with Gasteiger partial charge < -0.3 is 4.90 Å². The average Bonchev–Trinajstić information content (AvgIpc) is 3.58. The molecular formula is C64H59N. The molecule has 0 heterocycles. The minimum absolute atomic E-state index is 0.0829. The number of rotatable bonds is 5. The predicted octanol–water partition coefficient (Wildman–Crippen LogP) is 16.7. The van der Waals surface area contributed by atoms with Gasteiger partial charge in [-0.15, -0.1) is 0 Å². The smallest absolute Gasteiger partial charge is 0.0543 e. The first-order valence-corrected chi connectivity index (χ1v) is 25.7. The molecule has 65 heavy (non-hydrogen) atoms. The van der Waals surface area contributed by atoms with E-state index in [1.54, 1.807) is 22.3 Å². The van der Waals surface area contributed by atoms with Crippen molar-refractivity contribution in [3.63, 3.8) is 0 Å². The fourth-order valence-electron chi connectivity index (χ4n) is 17.8. The van der Waals surface area contributed by atoms with E-state index in [2.05, 4.69) is 169 Å². The fourth-order valence-corrected chi connectivity index (χ4v) is 17.8. The molecule has 1 heteroatoms. The van der Waals surface area contributed by atoms with Gasteiger partial charge in [0, 0.05) is 27.8 Å². The number of benzene rings is 7. The summed E-state index contributed by atoms with van der Waals surface area (Å²) in [4.78, 5) is 2.74. The highest BCUT2D eigenvalue weighted by Gasteiger charge is 2.61. The van der Waals surface area contributed by atoms with Crippen LogP contribution in [0.4, 0.5) is 17.1 Å². The number of nitrogens with zero attached hydrogens (tertiary/aromatic N) is 1. The minimum Gasteiger partial charge on any atom is -0.310 e. The molecular weight excluding hydrogens is 783 g/mol. The van der Waals surface area contributed by atoms with Crippen LogP contribution in [0.2, 0.25) is 0 Å². The van der Waals surface area contributed by atoms with Crippen molar-refractivity contribution < 1.29 is 0 Å². The Labute approximate surface area is 386 Å². The van der Waals surface area contributed by atoms with Crippen LogP contribution >= 0.6 is 0 Å². The van der Waals surface area contributed by atoms with Gasteiger partial charge in [-0.25, -0.2) is 0 Å². The quantitative estimate of drug-likeness (QED) is 0.167. The van der Waals surface area contributed by atoms with Crippen LogP contribution in [0.25, 0.3) is 44.5 Å². The molecule has 10 unspecified atom stereocenters. The van der Waals surface area contributed by atoms with Crippen molar-refractivity contribution in [3.05, 3.63) is 186 Å². The molecule has 8 bridgehead atoms. The van der Waals surface area contributed by atoms with Crippen LogP contribution < -0.4 is 4.90 Å². The van der Waals surface area contributed by atoms with Gasteiger partial charge in [0.1, 0.15) is 0 Å². The third-order valence-electron chi connectivity index (χ3n) is 19.6. The standard InChI is InChI=1S/C64H59N/c1-3-12-44(13-4-1)52-28-26-50(38-56(52)45-14-5-2-6-15-45)65(51-27-29-54-53-16-7-9-18-57(53)64(60(54)39-51)47-25-23-41-31-43(35-47)37-49(64)33-41)61-21-11-20-59-62(61)55-17-8-10-19-58(55)63(59)46-24-22-40-30-42(34-46)36-48(63)32-40/h1-21,26-29,38-43,46-49H,22-25,30-37H2. The fraction of sp³-hybridized carbons (Fsp3) is 0.344. The molecule has 17 rings (SSSR count). The Morgan fingerprint density at radius 2 is 0.815 bits per heavy atom. The van der Waals surface area contributed by atoms with Gasteiger partial charge in [-0.3, -0.25) is 0 Å². The van der Waals surface area contributed by atoms with E-state index < -0.39 is 0 Å². The van der Waals surface area contributed by atoms with Crippen molar-refractivity contribution >= 4 is 17.1 Å². The highest BCUT2D eigenvalue weighted by molar-refractivity contribution is 5.98. The van der Waals surface area contributed by atoms with Gasteiger partial charge >= 0.3 is 0 Å². The highest BCUT2D eigenvalue weighted by atomic mass is 15.1. The number of hydrogen-bond acceptors (Lipinski definition) is 1. The van der Waals surface area contributed by atoms with E-state index in [0.717, 1.165) is 23.7 Å². The van der Waals surface area contributed by atoms with Gasteiger partial charge in [0.2, 0.25) is 0 Å². The molecule has 2 spiro atoms. The monoisotopic (exact) mass is 841 g/mol. The van der Waals surface area contributed by atoms with Crippen LogP contribution in [-0.2, 0) is 10.8 Å². The maximum Gasteiger partial charge on any atom is 0.0543 e. The van der Waals surface area contributed by atoms with E-state index in [9.17, 15) is 0 Å². The molecule has 7 aromatic rings. The van der Waals surface area contributed by atoms with Crippen molar-refractivity contribution in [1.82, 2.24) is 0 Å². The maximum absolute atomic E-state index is 2.74. The summed E-state index contributed by atoms with van der Waals surface area (Å²) in [6, 6.07) is 64.4. The maximum atomic E-state index is 2.74. The SMILES string of the molecule is c1ccc(-c2ccc(N(c3ccc4c(c3)C3(c5ccccc5-4)C4CCC5CC(C4)CC3C5)c3cccc4c3-c3ccccc3C43C4CCC5CC(C4)CC3C5)cc2-c2ccccc2)cc1. The van der Waals surface area contributed by atoms with Crippen molar-refractivity contribution in [2.24, 2.45) is 47.3 Å². The summed E-state index contributed by atoms with van der Waals surface area (Å²) in [7, 11) is 0. The molecule has 8 fully saturated rings. The van der Waals surface area contributed by atoms with Gasteiger partial charge in [0.15, 0.2) is 0 Å². The summed E-state index contributed by atoms with van der Waals surface area (Å²) < 4.78 is 0. The molecule has 7 aromatic carbocycles. The zero-order chi connectivity index (χ0) is 42.4. The summed E-state index contributed by atoms with van der Waals surface area (Å²) >= 11 is 0. The first-order valence-electron chi connectivity index (χ1n) is 25.7. The van der Waals surface area contributed by atoms with Crippen LogP contribution in [0.15, 0.2) is 164 Å². The second kappa shape index (κ2) is 13.9. The molecule has 0 N–H and O–H groups in total. The number of fused-ring (bicyclic) bond motifs is 8.